The van der Waals surface area contributed by atoms with Crippen LogP contribution in [0.3, 0.4) is 0 Å². The van der Waals surface area contributed by atoms with Crippen LogP contribution in [0.15, 0.2) is 60.7 Å². The van der Waals surface area contributed by atoms with Gasteiger partial charge in [0, 0.05) is 45.4 Å². The molecule has 0 spiro atoms. The predicted octanol–water partition coefficient (Wildman–Crippen LogP) is 6.25. The van der Waals surface area contributed by atoms with Crippen LogP contribution in [0.5, 0.6) is 11.5 Å². The highest BCUT2D eigenvalue weighted by atomic mass is 35.5. The molecule has 1 heterocycles. The third-order valence-electron chi connectivity index (χ3n) is 4.24. The molecule has 0 aliphatic heterocycles. The van der Waals surface area contributed by atoms with Gasteiger partial charge in [-0.3, -0.25) is 9.52 Å². The Balaban J connectivity index is 1.55. The minimum Gasteiger partial charge on any atom is -0.457 e. The van der Waals surface area contributed by atoms with Crippen molar-refractivity contribution >= 4 is 60.3 Å². The third kappa shape index (κ3) is 5.98. The molecular formula is C22H15ClF2N2O4S2. The number of ether oxygens (including phenoxy) is 1. The number of anilines is 2. The third-order valence-corrected chi connectivity index (χ3v) is 6.18. The van der Waals surface area contributed by atoms with Crippen LogP contribution >= 0.6 is 22.9 Å². The summed E-state index contributed by atoms with van der Waals surface area (Å²) in [5, 5.41) is 3.65. The van der Waals surface area contributed by atoms with E-state index in [0.29, 0.717) is 21.6 Å². The highest BCUT2D eigenvalue weighted by Gasteiger charge is 2.13. The van der Waals surface area contributed by atoms with E-state index in [1.54, 1.807) is 24.3 Å². The quantitative estimate of drug-likeness (QED) is 0.322. The average molecular weight is 509 g/mol. The van der Waals surface area contributed by atoms with Crippen molar-refractivity contribution in [2.45, 2.75) is 0 Å². The summed E-state index contributed by atoms with van der Waals surface area (Å²) in [6, 6.07) is 13.8. The van der Waals surface area contributed by atoms with Crippen molar-refractivity contribution in [1.82, 2.24) is 0 Å². The molecule has 11 heteroatoms. The van der Waals surface area contributed by atoms with Gasteiger partial charge in [-0.15, -0.1) is 11.3 Å². The summed E-state index contributed by atoms with van der Waals surface area (Å²) in [7, 11) is -3.42. The molecule has 0 radical (unpaired) electrons. The van der Waals surface area contributed by atoms with Gasteiger partial charge in [-0.2, -0.15) is 0 Å². The van der Waals surface area contributed by atoms with E-state index in [9.17, 15) is 22.0 Å². The molecule has 0 aliphatic carbocycles. The topological polar surface area (TPSA) is 84.5 Å². The van der Waals surface area contributed by atoms with Crippen molar-refractivity contribution in [3.05, 3.63) is 82.2 Å². The number of amides is 1. The van der Waals surface area contributed by atoms with Crippen LogP contribution in [-0.2, 0) is 10.0 Å². The number of thiophene rings is 1. The number of halogens is 3. The molecule has 170 valence electrons. The van der Waals surface area contributed by atoms with Gasteiger partial charge in [0.25, 0.3) is 5.91 Å². The summed E-state index contributed by atoms with van der Waals surface area (Å²) in [5.41, 5.74) is 0.705. The summed E-state index contributed by atoms with van der Waals surface area (Å²) in [6.07, 6.45) is 1.05. The van der Waals surface area contributed by atoms with Crippen LogP contribution in [0.2, 0.25) is 5.02 Å². The molecule has 1 aromatic heterocycles. The number of hydrogen-bond acceptors (Lipinski definition) is 5. The molecule has 6 nitrogen and oxygen atoms in total. The number of benzene rings is 3. The Morgan fingerprint density at radius 2 is 1.64 bits per heavy atom. The molecule has 33 heavy (non-hydrogen) atoms. The first kappa shape index (κ1) is 23.0. The lowest BCUT2D eigenvalue weighted by atomic mass is 10.2. The highest BCUT2D eigenvalue weighted by molar-refractivity contribution is 7.92. The van der Waals surface area contributed by atoms with Crippen LogP contribution < -0.4 is 14.8 Å². The van der Waals surface area contributed by atoms with Crippen LogP contribution in [0.4, 0.5) is 20.2 Å². The van der Waals surface area contributed by atoms with Crippen molar-refractivity contribution in [1.29, 1.82) is 0 Å². The zero-order chi connectivity index (χ0) is 23.8. The van der Waals surface area contributed by atoms with Gasteiger partial charge in [0.15, 0.2) is 0 Å². The summed E-state index contributed by atoms with van der Waals surface area (Å²) in [5.74, 6) is -1.88. The fraction of sp³-hybridized carbons (Fsp3) is 0.0455. The van der Waals surface area contributed by atoms with Crippen molar-refractivity contribution < 1.29 is 26.7 Å². The summed E-state index contributed by atoms with van der Waals surface area (Å²) >= 11 is 7.34. The molecular weight excluding hydrogens is 494 g/mol. The molecule has 0 aliphatic rings. The van der Waals surface area contributed by atoms with Gasteiger partial charge in [0.2, 0.25) is 10.0 Å². The first-order chi connectivity index (χ1) is 15.5. The fourth-order valence-electron chi connectivity index (χ4n) is 3.04. The average Bonchev–Trinajstić information content (AvgIpc) is 3.09. The Kier molecular flexibility index (Phi) is 6.24. The van der Waals surface area contributed by atoms with E-state index in [2.05, 4.69) is 10.0 Å². The second-order valence-corrected chi connectivity index (χ2v) is 10.3. The van der Waals surface area contributed by atoms with Crippen LogP contribution in [0.25, 0.3) is 10.1 Å². The Morgan fingerprint density at radius 3 is 2.33 bits per heavy atom. The number of carbonyl (C=O) groups is 1. The molecule has 0 saturated carbocycles. The van der Waals surface area contributed by atoms with E-state index in [-0.39, 0.29) is 16.5 Å². The van der Waals surface area contributed by atoms with E-state index in [1.807, 2.05) is 0 Å². The molecule has 0 fully saturated rings. The largest absolute Gasteiger partial charge is 0.457 e. The van der Waals surface area contributed by atoms with Gasteiger partial charge in [-0.05, 0) is 41.8 Å². The molecule has 1 amide bonds. The lowest BCUT2D eigenvalue weighted by molar-refractivity contribution is 0.103. The fourth-order valence-corrected chi connectivity index (χ4v) is 4.76. The Labute approximate surface area is 196 Å². The maximum Gasteiger partial charge on any atom is 0.265 e. The van der Waals surface area contributed by atoms with Gasteiger partial charge in [0.05, 0.1) is 11.1 Å². The second-order valence-electron chi connectivity index (χ2n) is 7.07. The standard InChI is InChI=1S/C22H15ClF2N2O4S2/c1-33(29,30)27-16-2-3-20-12(4-16)5-21(32-20)22(28)26-17-6-13(23)7-18(11-17)31-19-9-14(24)8-15(25)10-19/h2-11,27H,1H3,(H,26,28). The monoisotopic (exact) mass is 508 g/mol. The molecule has 4 rings (SSSR count). The molecule has 2 N–H and O–H groups in total. The van der Waals surface area contributed by atoms with Gasteiger partial charge in [-0.25, -0.2) is 17.2 Å². The van der Waals surface area contributed by atoms with Crippen molar-refractivity contribution in [2.75, 3.05) is 16.3 Å². The normalized spacial score (nSPS) is 11.4. The van der Waals surface area contributed by atoms with Gasteiger partial charge < -0.3 is 10.1 Å². The van der Waals surface area contributed by atoms with E-state index in [1.165, 1.54) is 29.5 Å². The Hall–Kier alpha value is -3.21. The van der Waals surface area contributed by atoms with Crippen molar-refractivity contribution in [3.63, 3.8) is 0 Å². The zero-order valence-corrected chi connectivity index (χ0v) is 19.2. The maximum absolute atomic E-state index is 13.4. The Bertz CT molecular complexity index is 1470. The minimum atomic E-state index is -3.42. The lowest BCUT2D eigenvalue weighted by Crippen LogP contribution is -2.10. The molecule has 3 aromatic carbocycles. The van der Waals surface area contributed by atoms with Gasteiger partial charge >= 0.3 is 0 Å². The van der Waals surface area contributed by atoms with Crippen molar-refractivity contribution in [3.8, 4) is 11.5 Å². The predicted molar refractivity (Wildman–Crippen MR) is 126 cm³/mol. The first-order valence-corrected chi connectivity index (χ1v) is 12.4. The number of hydrogen-bond donors (Lipinski definition) is 2. The van der Waals surface area contributed by atoms with Crippen LogP contribution in [0.1, 0.15) is 9.67 Å². The number of carbonyl (C=O) groups excluding carboxylic acids is 1. The molecule has 0 unspecified atom stereocenters. The molecule has 4 aromatic rings. The number of rotatable bonds is 6. The highest BCUT2D eigenvalue weighted by Crippen LogP contribution is 2.32. The minimum absolute atomic E-state index is 0.0601. The Morgan fingerprint density at radius 1 is 0.939 bits per heavy atom. The van der Waals surface area contributed by atoms with E-state index < -0.39 is 27.6 Å². The SMILES string of the molecule is CS(=O)(=O)Nc1ccc2sc(C(=O)Nc3cc(Cl)cc(Oc4cc(F)cc(F)c4)c3)cc2c1. The van der Waals surface area contributed by atoms with E-state index in [4.69, 9.17) is 16.3 Å². The van der Waals surface area contributed by atoms with E-state index in [0.717, 1.165) is 29.2 Å². The molecule has 0 bridgehead atoms. The van der Waals surface area contributed by atoms with Gasteiger partial charge in [0.1, 0.15) is 23.1 Å². The lowest BCUT2D eigenvalue weighted by Gasteiger charge is -2.10. The summed E-state index contributed by atoms with van der Waals surface area (Å²) < 4.78 is 58.3. The van der Waals surface area contributed by atoms with Crippen LogP contribution in [0, 0.1) is 11.6 Å². The summed E-state index contributed by atoms with van der Waals surface area (Å²) in [6.45, 7) is 0. The second kappa shape index (κ2) is 8.97. The smallest absolute Gasteiger partial charge is 0.265 e. The molecule has 0 saturated heterocycles. The van der Waals surface area contributed by atoms with Gasteiger partial charge in [-0.1, -0.05) is 11.6 Å². The molecule has 0 atom stereocenters. The van der Waals surface area contributed by atoms with E-state index >= 15 is 0 Å². The summed E-state index contributed by atoms with van der Waals surface area (Å²) in [4.78, 5) is 13.2. The van der Waals surface area contributed by atoms with Crippen LogP contribution in [-0.4, -0.2) is 20.6 Å². The number of fused-ring (bicyclic) bond motifs is 1. The van der Waals surface area contributed by atoms with Crippen molar-refractivity contribution in [2.24, 2.45) is 0 Å². The number of nitrogens with one attached hydrogen (secondary N) is 2. The maximum atomic E-state index is 13.4. The number of sulfonamides is 1. The zero-order valence-electron chi connectivity index (χ0n) is 16.9. The first-order valence-electron chi connectivity index (χ1n) is 9.31.